The minimum absolute atomic E-state index is 0.165. The van der Waals surface area contributed by atoms with Crippen molar-refractivity contribution in [1.29, 1.82) is 0 Å². The Morgan fingerprint density at radius 3 is 2.50 bits per heavy atom. The molecule has 0 heterocycles. The number of rotatable bonds is 6. The summed E-state index contributed by atoms with van der Waals surface area (Å²) in [6.07, 6.45) is 0.0331. The number of aryl methyl sites for hydroxylation is 2. The van der Waals surface area contributed by atoms with E-state index in [1.807, 2.05) is 39.0 Å². The number of nitrogens with one attached hydrogen (secondary N) is 1. The van der Waals surface area contributed by atoms with Crippen LogP contribution in [0.2, 0.25) is 10.0 Å². The summed E-state index contributed by atoms with van der Waals surface area (Å²) in [5, 5.41) is 3.97. The minimum Gasteiger partial charge on any atom is -0.481 e. The Balaban J connectivity index is 1.99. The van der Waals surface area contributed by atoms with Gasteiger partial charge in [0.15, 0.2) is 6.10 Å². The Morgan fingerprint density at radius 2 is 1.88 bits per heavy atom. The van der Waals surface area contributed by atoms with Crippen LogP contribution >= 0.6 is 23.2 Å². The molecule has 1 N–H and O–H groups in total. The fourth-order valence-corrected chi connectivity index (χ4v) is 2.71. The van der Waals surface area contributed by atoms with Crippen molar-refractivity contribution in [2.24, 2.45) is 0 Å². The van der Waals surface area contributed by atoms with Gasteiger partial charge in [-0.1, -0.05) is 42.3 Å². The van der Waals surface area contributed by atoms with Gasteiger partial charge in [-0.05, 0) is 61.2 Å². The summed E-state index contributed by atoms with van der Waals surface area (Å²) in [5.41, 5.74) is 3.14. The van der Waals surface area contributed by atoms with Crippen molar-refractivity contribution < 1.29 is 9.53 Å². The number of hydrogen-bond acceptors (Lipinski definition) is 2. The molecule has 0 saturated carbocycles. The van der Waals surface area contributed by atoms with Crippen LogP contribution in [0.5, 0.6) is 5.75 Å². The molecule has 0 unspecified atom stereocenters. The third kappa shape index (κ3) is 4.89. The molecule has 1 amide bonds. The highest BCUT2D eigenvalue weighted by Gasteiger charge is 2.18. The van der Waals surface area contributed by atoms with Gasteiger partial charge in [-0.15, -0.1) is 0 Å². The highest BCUT2D eigenvalue weighted by atomic mass is 35.5. The van der Waals surface area contributed by atoms with E-state index in [9.17, 15) is 4.79 Å². The average Bonchev–Trinajstić information content (AvgIpc) is 2.54. The van der Waals surface area contributed by atoms with Crippen molar-refractivity contribution in [2.45, 2.75) is 39.8 Å². The summed E-state index contributed by atoms with van der Waals surface area (Å²) in [5.74, 6) is 0.534. The second kappa shape index (κ2) is 8.41. The molecule has 5 heteroatoms. The molecule has 0 aliphatic heterocycles. The maximum atomic E-state index is 12.4. The Kier molecular flexibility index (Phi) is 6.52. The van der Waals surface area contributed by atoms with Gasteiger partial charge in [-0.2, -0.15) is 0 Å². The summed E-state index contributed by atoms with van der Waals surface area (Å²) in [6, 6.07) is 11.0. The first-order chi connectivity index (χ1) is 11.4. The van der Waals surface area contributed by atoms with Crippen LogP contribution in [0.25, 0.3) is 0 Å². The van der Waals surface area contributed by atoms with Gasteiger partial charge in [-0.25, -0.2) is 0 Å². The first-order valence-corrected chi connectivity index (χ1v) is 8.62. The van der Waals surface area contributed by atoms with E-state index in [4.69, 9.17) is 27.9 Å². The van der Waals surface area contributed by atoms with Crippen molar-refractivity contribution >= 4 is 29.1 Å². The maximum absolute atomic E-state index is 12.4. The Morgan fingerprint density at radius 1 is 1.12 bits per heavy atom. The summed E-state index contributed by atoms with van der Waals surface area (Å²) >= 11 is 12.0. The quantitative estimate of drug-likeness (QED) is 0.774. The number of hydrogen-bond donors (Lipinski definition) is 1. The molecule has 2 aromatic carbocycles. The second-order valence-electron chi connectivity index (χ2n) is 5.71. The van der Waals surface area contributed by atoms with Crippen LogP contribution in [0.4, 0.5) is 0 Å². The van der Waals surface area contributed by atoms with Crippen LogP contribution in [-0.4, -0.2) is 12.0 Å². The molecular weight excluding hydrogens is 345 g/mol. The first kappa shape index (κ1) is 18.6. The lowest BCUT2D eigenvalue weighted by Crippen LogP contribution is -2.37. The van der Waals surface area contributed by atoms with E-state index in [0.29, 0.717) is 28.8 Å². The van der Waals surface area contributed by atoms with E-state index in [1.54, 1.807) is 18.2 Å². The molecule has 0 aliphatic rings. The smallest absolute Gasteiger partial charge is 0.261 e. The van der Waals surface area contributed by atoms with E-state index in [-0.39, 0.29) is 5.91 Å². The van der Waals surface area contributed by atoms with Crippen LogP contribution in [0.3, 0.4) is 0 Å². The number of carbonyl (C=O) groups is 1. The fourth-order valence-electron chi connectivity index (χ4n) is 2.23. The molecule has 0 fully saturated rings. The summed E-state index contributed by atoms with van der Waals surface area (Å²) in [7, 11) is 0. The lowest BCUT2D eigenvalue weighted by atomic mass is 10.1. The van der Waals surface area contributed by atoms with Crippen LogP contribution in [0.1, 0.15) is 30.0 Å². The van der Waals surface area contributed by atoms with Crippen LogP contribution < -0.4 is 10.1 Å². The zero-order valence-corrected chi connectivity index (χ0v) is 15.5. The molecule has 1 atom stereocenters. The van der Waals surface area contributed by atoms with Crippen LogP contribution in [-0.2, 0) is 11.3 Å². The predicted octanol–water partition coefficient (Wildman–Crippen LogP) is 5.08. The topological polar surface area (TPSA) is 38.3 Å². The molecule has 2 aromatic rings. The third-order valence-electron chi connectivity index (χ3n) is 3.89. The normalized spacial score (nSPS) is 11.9. The highest BCUT2D eigenvalue weighted by Crippen LogP contribution is 2.21. The molecule has 0 bridgehead atoms. The second-order valence-corrected chi connectivity index (χ2v) is 6.56. The maximum Gasteiger partial charge on any atom is 0.261 e. The molecule has 0 spiro atoms. The van der Waals surface area contributed by atoms with Crippen molar-refractivity contribution in [3.05, 3.63) is 63.1 Å². The number of benzene rings is 2. The fraction of sp³-hybridized carbons (Fsp3) is 0.316. The summed E-state index contributed by atoms with van der Waals surface area (Å²) in [4.78, 5) is 12.4. The molecule has 24 heavy (non-hydrogen) atoms. The lowest BCUT2D eigenvalue weighted by Gasteiger charge is -2.18. The molecule has 0 saturated heterocycles. The first-order valence-electron chi connectivity index (χ1n) is 7.86. The van der Waals surface area contributed by atoms with Crippen LogP contribution in [0, 0.1) is 13.8 Å². The van der Waals surface area contributed by atoms with E-state index in [1.165, 1.54) is 5.56 Å². The van der Waals surface area contributed by atoms with Gasteiger partial charge in [-0.3, -0.25) is 4.79 Å². The molecule has 3 nitrogen and oxygen atoms in total. The Labute approximate surface area is 152 Å². The SMILES string of the molecule is CC[C@H](Oc1ccc(C)c(C)c1)C(=O)NCc1ccc(Cl)cc1Cl. The molecule has 2 rings (SSSR count). The Hall–Kier alpha value is -1.71. The van der Waals surface area contributed by atoms with E-state index < -0.39 is 6.10 Å². The number of ether oxygens (including phenoxy) is 1. The average molecular weight is 366 g/mol. The third-order valence-corrected chi connectivity index (χ3v) is 4.48. The zero-order chi connectivity index (χ0) is 17.7. The van der Waals surface area contributed by atoms with E-state index in [2.05, 4.69) is 5.32 Å². The number of halogens is 2. The minimum atomic E-state index is -0.543. The van der Waals surface area contributed by atoms with Crippen molar-refractivity contribution in [3.8, 4) is 5.75 Å². The molecule has 0 aromatic heterocycles. The van der Waals surface area contributed by atoms with Gasteiger partial charge in [0, 0.05) is 16.6 Å². The van der Waals surface area contributed by atoms with Crippen LogP contribution in [0.15, 0.2) is 36.4 Å². The molecular formula is C19H21Cl2NO2. The predicted molar refractivity (Wildman–Crippen MR) is 98.9 cm³/mol. The van der Waals surface area contributed by atoms with Crippen molar-refractivity contribution in [3.63, 3.8) is 0 Å². The monoisotopic (exact) mass is 365 g/mol. The van der Waals surface area contributed by atoms with Gasteiger partial charge < -0.3 is 10.1 Å². The standard InChI is InChI=1S/C19H21Cl2NO2/c1-4-18(24-16-8-5-12(2)13(3)9-16)19(23)22-11-14-6-7-15(20)10-17(14)21/h5-10,18H,4,11H2,1-3H3,(H,22,23)/t18-/m0/s1. The summed E-state index contributed by atoms with van der Waals surface area (Å²) in [6.45, 7) is 6.31. The lowest BCUT2D eigenvalue weighted by molar-refractivity contribution is -0.128. The molecule has 0 aliphatic carbocycles. The van der Waals surface area contributed by atoms with Gasteiger partial charge in [0.25, 0.3) is 5.91 Å². The summed E-state index contributed by atoms with van der Waals surface area (Å²) < 4.78 is 5.83. The molecule has 0 radical (unpaired) electrons. The largest absolute Gasteiger partial charge is 0.481 e. The zero-order valence-electron chi connectivity index (χ0n) is 14.0. The van der Waals surface area contributed by atoms with Gasteiger partial charge >= 0.3 is 0 Å². The number of carbonyl (C=O) groups excluding carboxylic acids is 1. The van der Waals surface area contributed by atoms with E-state index >= 15 is 0 Å². The number of amides is 1. The van der Waals surface area contributed by atoms with E-state index in [0.717, 1.165) is 11.1 Å². The van der Waals surface area contributed by atoms with Crippen molar-refractivity contribution in [2.75, 3.05) is 0 Å². The van der Waals surface area contributed by atoms with Gasteiger partial charge in [0.2, 0.25) is 0 Å². The van der Waals surface area contributed by atoms with Gasteiger partial charge in [0.05, 0.1) is 0 Å². The Bertz CT molecular complexity index is 731. The molecule has 128 valence electrons. The van der Waals surface area contributed by atoms with Gasteiger partial charge in [0.1, 0.15) is 5.75 Å². The highest BCUT2D eigenvalue weighted by molar-refractivity contribution is 6.35. The van der Waals surface area contributed by atoms with Crippen molar-refractivity contribution in [1.82, 2.24) is 5.32 Å².